The van der Waals surface area contributed by atoms with Crippen molar-refractivity contribution in [3.63, 3.8) is 0 Å². The fourth-order valence-electron chi connectivity index (χ4n) is 3.39. The Morgan fingerprint density at radius 2 is 2.04 bits per heavy atom. The number of aromatic nitrogens is 3. The van der Waals surface area contributed by atoms with E-state index in [1.165, 1.54) is 32.2 Å². The zero-order chi connectivity index (χ0) is 17.2. The Balaban J connectivity index is 1.67. The number of hydrogen-bond donors (Lipinski definition) is 2. The minimum atomic E-state index is 0.761. The second-order valence-electron chi connectivity index (χ2n) is 6.31. The van der Waals surface area contributed by atoms with Crippen LogP contribution in [0.25, 0.3) is 0 Å². The zero-order valence-corrected chi connectivity index (χ0v) is 15.5. The van der Waals surface area contributed by atoms with Crippen LogP contribution in [0.2, 0.25) is 0 Å². The zero-order valence-electron chi connectivity index (χ0n) is 15.5. The summed E-state index contributed by atoms with van der Waals surface area (Å²) in [4.78, 5) is 6.93. The van der Waals surface area contributed by atoms with Gasteiger partial charge in [-0.05, 0) is 25.8 Å². The molecule has 0 amide bonds. The molecule has 136 valence electrons. The van der Waals surface area contributed by atoms with Crippen molar-refractivity contribution in [3.05, 3.63) is 12.2 Å². The highest BCUT2D eigenvalue weighted by atomic mass is 15.3. The molecule has 1 atom stereocenters. The van der Waals surface area contributed by atoms with Crippen molar-refractivity contribution in [2.75, 3.05) is 33.2 Å². The summed E-state index contributed by atoms with van der Waals surface area (Å²) in [5.41, 5.74) is 0. The smallest absolute Gasteiger partial charge is 0.191 e. The summed E-state index contributed by atoms with van der Waals surface area (Å²) in [6, 6.07) is 0.761. The van der Waals surface area contributed by atoms with E-state index in [-0.39, 0.29) is 0 Å². The van der Waals surface area contributed by atoms with Gasteiger partial charge in [-0.3, -0.25) is 9.89 Å². The van der Waals surface area contributed by atoms with Gasteiger partial charge in [0.25, 0.3) is 0 Å². The Morgan fingerprint density at radius 1 is 1.25 bits per heavy atom. The third-order valence-electron chi connectivity index (χ3n) is 4.79. The van der Waals surface area contributed by atoms with E-state index >= 15 is 0 Å². The van der Waals surface area contributed by atoms with Gasteiger partial charge in [0, 0.05) is 45.7 Å². The van der Waals surface area contributed by atoms with Gasteiger partial charge >= 0.3 is 0 Å². The van der Waals surface area contributed by atoms with Crippen LogP contribution in [-0.4, -0.2) is 64.9 Å². The van der Waals surface area contributed by atoms with Crippen LogP contribution in [0, 0.1) is 0 Å². The molecule has 1 aromatic rings. The molecule has 1 aromatic heterocycles. The van der Waals surface area contributed by atoms with Gasteiger partial charge in [-0.15, -0.1) is 10.2 Å². The number of guanidine groups is 1. The molecule has 7 nitrogen and oxygen atoms in total. The summed E-state index contributed by atoms with van der Waals surface area (Å²) in [5.74, 6) is 1.89. The maximum absolute atomic E-state index is 4.31. The normalized spacial score (nSPS) is 19.5. The summed E-state index contributed by atoms with van der Waals surface area (Å²) < 4.78 is 2.08. The van der Waals surface area contributed by atoms with Gasteiger partial charge in [0.1, 0.15) is 12.2 Å². The lowest BCUT2D eigenvalue weighted by Gasteiger charge is -2.35. The Kier molecular flexibility index (Phi) is 8.01. The summed E-state index contributed by atoms with van der Waals surface area (Å²) >= 11 is 0. The van der Waals surface area contributed by atoms with Crippen molar-refractivity contribution in [3.8, 4) is 0 Å². The monoisotopic (exact) mass is 335 g/mol. The number of likely N-dealkylation sites (tertiary alicyclic amines) is 1. The molecule has 0 aromatic carbocycles. The van der Waals surface area contributed by atoms with Gasteiger partial charge in [0.05, 0.1) is 0 Å². The molecule has 1 aliphatic rings. The molecule has 2 heterocycles. The number of piperidine rings is 1. The highest BCUT2D eigenvalue weighted by molar-refractivity contribution is 5.79. The number of aliphatic imine (C=N–C) groups is 1. The highest BCUT2D eigenvalue weighted by Gasteiger charge is 2.19. The van der Waals surface area contributed by atoms with Gasteiger partial charge in [-0.2, -0.15) is 0 Å². The molecular weight excluding hydrogens is 302 g/mol. The average Bonchev–Trinajstić information content (AvgIpc) is 3.08. The molecule has 2 N–H and O–H groups in total. The van der Waals surface area contributed by atoms with Gasteiger partial charge in [0.2, 0.25) is 0 Å². The first-order valence-electron chi connectivity index (χ1n) is 9.33. The van der Waals surface area contributed by atoms with Crippen molar-refractivity contribution in [1.29, 1.82) is 0 Å². The van der Waals surface area contributed by atoms with E-state index in [1.807, 2.05) is 7.05 Å². The fourth-order valence-corrected chi connectivity index (χ4v) is 3.39. The van der Waals surface area contributed by atoms with Gasteiger partial charge in [-0.1, -0.05) is 20.3 Å². The maximum Gasteiger partial charge on any atom is 0.191 e. The molecule has 0 bridgehead atoms. The molecule has 1 unspecified atom stereocenters. The van der Waals surface area contributed by atoms with E-state index in [4.69, 9.17) is 0 Å². The third-order valence-corrected chi connectivity index (χ3v) is 4.79. The van der Waals surface area contributed by atoms with Crippen LogP contribution < -0.4 is 10.6 Å². The van der Waals surface area contributed by atoms with Crippen molar-refractivity contribution >= 4 is 5.96 Å². The molecule has 1 saturated heterocycles. The van der Waals surface area contributed by atoms with Crippen molar-refractivity contribution < 1.29 is 0 Å². The van der Waals surface area contributed by atoms with Gasteiger partial charge in [-0.25, -0.2) is 0 Å². The predicted octanol–water partition coefficient (Wildman–Crippen LogP) is 1.27. The second kappa shape index (κ2) is 10.3. The summed E-state index contributed by atoms with van der Waals surface area (Å²) in [5, 5.41) is 14.9. The van der Waals surface area contributed by atoms with Crippen LogP contribution in [-0.2, 0) is 13.0 Å². The molecule has 0 saturated carbocycles. The molecule has 2 rings (SSSR count). The molecule has 0 aliphatic carbocycles. The van der Waals surface area contributed by atoms with E-state index in [1.54, 1.807) is 6.33 Å². The number of aryl methyl sites for hydroxylation is 1. The summed E-state index contributed by atoms with van der Waals surface area (Å²) in [6.07, 6.45) is 8.02. The number of nitrogens with one attached hydrogen (secondary N) is 2. The largest absolute Gasteiger partial charge is 0.355 e. The lowest BCUT2D eigenvalue weighted by Crippen LogP contribution is -2.46. The standard InChI is InChI=1S/C17H33N7/c1-4-15-8-6-7-11-23(15)12-9-19-17(18-3)20-10-13-24-14-21-22-16(24)5-2/h14-15H,4-13H2,1-3H3,(H2,18,19,20). The van der Waals surface area contributed by atoms with Crippen molar-refractivity contribution in [2.45, 2.75) is 58.5 Å². The van der Waals surface area contributed by atoms with E-state index in [9.17, 15) is 0 Å². The van der Waals surface area contributed by atoms with Crippen LogP contribution in [0.1, 0.15) is 45.4 Å². The molecule has 0 spiro atoms. The Morgan fingerprint density at radius 3 is 2.75 bits per heavy atom. The third kappa shape index (κ3) is 5.47. The van der Waals surface area contributed by atoms with Crippen LogP contribution >= 0.6 is 0 Å². The van der Waals surface area contributed by atoms with Gasteiger partial charge in [0.15, 0.2) is 5.96 Å². The lowest BCUT2D eigenvalue weighted by atomic mass is 10.0. The van der Waals surface area contributed by atoms with Crippen LogP contribution in [0.4, 0.5) is 0 Å². The first kappa shape index (κ1) is 18.7. The molecule has 24 heavy (non-hydrogen) atoms. The number of nitrogens with zero attached hydrogens (tertiary/aromatic N) is 5. The summed E-state index contributed by atoms with van der Waals surface area (Å²) in [6.45, 7) is 9.31. The van der Waals surface area contributed by atoms with Crippen LogP contribution in [0.5, 0.6) is 0 Å². The van der Waals surface area contributed by atoms with E-state index in [2.05, 4.69) is 49.1 Å². The predicted molar refractivity (Wildman–Crippen MR) is 98.3 cm³/mol. The van der Waals surface area contributed by atoms with Crippen LogP contribution in [0.3, 0.4) is 0 Å². The minimum absolute atomic E-state index is 0.761. The number of hydrogen-bond acceptors (Lipinski definition) is 4. The Labute approximate surface area is 145 Å². The van der Waals surface area contributed by atoms with E-state index in [0.717, 1.165) is 50.4 Å². The molecule has 0 radical (unpaired) electrons. The second-order valence-corrected chi connectivity index (χ2v) is 6.31. The topological polar surface area (TPSA) is 70.4 Å². The van der Waals surface area contributed by atoms with Crippen LogP contribution in [0.15, 0.2) is 11.3 Å². The average molecular weight is 336 g/mol. The van der Waals surface area contributed by atoms with Crippen molar-refractivity contribution in [1.82, 2.24) is 30.3 Å². The molecular formula is C17H33N7. The molecule has 7 heteroatoms. The molecule has 1 aliphatic heterocycles. The highest BCUT2D eigenvalue weighted by Crippen LogP contribution is 2.18. The first-order chi connectivity index (χ1) is 11.8. The van der Waals surface area contributed by atoms with E-state index < -0.39 is 0 Å². The fraction of sp³-hybridized carbons (Fsp3) is 0.824. The number of rotatable bonds is 8. The van der Waals surface area contributed by atoms with E-state index in [0.29, 0.717) is 0 Å². The minimum Gasteiger partial charge on any atom is -0.355 e. The van der Waals surface area contributed by atoms with Crippen molar-refractivity contribution in [2.24, 2.45) is 4.99 Å². The quantitative estimate of drug-likeness (QED) is 0.553. The SMILES string of the molecule is CCc1nncn1CCNC(=NC)NCCN1CCCCC1CC. The molecule has 1 fully saturated rings. The lowest BCUT2D eigenvalue weighted by molar-refractivity contribution is 0.147. The maximum atomic E-state index is 4.31. The van der Waals surface area contributed by atoms with Gasteiger partial charge < -0.3 is 15.2 Å². The summed E-state index contributed by atoms with van der Waals surface area (Å²) in [7, 11) is 1.82. The Bertz CT molecular complexity index is 497. The Hall–Kier alpha value is -1.63. The first-order valence-corrected chi connectivity index (χ1v) is 9.33.